The van der Waals surface area contributed by atoms with E-state index in [1.54, 1.807) is 19.4 Å². The molecule has 0 bridgehead atoms. The first-order valence-electron chi connectivity index (χ1n) is 9.39. The highest BCUT2D eigenvalue weighted by Crippen LogP contribution is 2.33. The summed E-state index contributed by atoms with van der Waals surface area (Å²) in [6.07, 6.45) is 5.61. The fourth-order valence-electron chi connectivity index (χ4n) is 3.31. The van der Waals surface area contributed by atoms with Gasteiger partial charge in [-0.2, -0.15) is 4.98 Å². The monoisotopic (exact) mass is 381 g/mol. The Labute approximate surface area is 163 Å². The van der Waals surface area contributed by atoms with Crippen LogP contribution in [0.1, 0.15) is 30.5 Å². The summed E-state index contributed by atoms with van der Waals surface area (Å²) in [7, 11) is 1.63. The highest BCUT2D eigenvalue weighted by Gasteiger charge is 2.31. The van der Waals surface area contributed by atoms with E-state index in [2.05, 4.69) is 25.0 Å². The number of likely N-dealkylation sites (tertiary alicyclic amines) is 1. The Hall–Kier alpha value is -2.84. The van der Waals surface area contributed by atoms with E-state index in [-0.39, 0.29) is 6.04 Å². The van der Waals surface area contributed by atoms with Crippen molar-refractivity contribution in [1.29, 1.82) is 0 Å². The first kappa shape index (κ1) is 18.5. The van der Waals surface area contributed by atoms with E-state index in [9.17, 15) is 0 Å². The van der Waals surface area contributed by atoms with Crippen molar-refractivity contribution in [3.05, 3.63) is 54.3 Å². The first-order chi connectivity index (χ1) is 13.8. The van der Waals surface area contributed by atoms with Crippen LogP contribution in [0.25, 0.3) is 11.4 Å². The van der Waals surface area contributed by atoms with Crippen molar-refractivity contribution in [2.75, 3.05) is 26.9 Å². The van der Waals surface area contributed by atoms with Gasteiger partial charge in [-0.05, 0) is 37.6 Å². The Morgan fingerprint density at radius 2 is 2.14 bits per heavy atom. The summed E-state index contributed by atoms with van der Waals surface area (Å²) in [5, 5.41) is 4.15. The van der Waals surface area contributed by atoms with Crippen molar-refractivity contribution < 1.29 is 14.0 Å². The fourth-order valence-corrected chi connectivity index (χ4v) is 3.31. The molecule has 1 fully saturated rings. The molecule has 28 heavy (non-hydrogen) atoms. The Morgan fingerprint density at radius 1 is 1.18 bits per heavy atom. The third-order valence-electron chi connectivity index (χ3n) is 4.71. The largest absolute Gasteiger partial charge is 0.475 e. The van der Waals surface area contributed by atoms with E-state index >= 15 is 0 Å². The minimum atomic E-state index is 0.118. The van der Waals surface area contributed by atoms with Crippen LogP contribution in [0.15, 0.2) is 47.2 Å². The molecule has 0 radical (unpaired) electrons. The van der Waals surface area contributed by atoms with Gasteiger partial charge in [0, 0.05) is 37.7 Å². The summed E-state index contributed by atoms with van der Waals surface area (Å²) in [4.78, 5) is 15.7. The third kappa shape index (κ3) is 4.35. The van der Waals surface area contributed by atoms with Crippen LogP contribution in [0.4, 0.5) is 0 Å². The van der Waals surface area contributed by atoms with Crippen LogP contribution in [0.3, 0.4) is 0 Å². The summed E-state index contributed by atoms with van der Waals surface area (Å²) in [6, 6.07) is 9.77. The average Bonchev–Trinajstić information content (AvgIpc) is 3.39. The molecule has 1 atom stereocenters. The smallest absolute Gasteiger partial charge is 0.244 e. The summed E-state index contributed by atoms with van der Waals surface area (Å²) in [6.45, 7) is 2.75. The number of rotatable bonds is 8. The van der Waals surface area contributed by atoms with Crippen molar-refractivity contribution >= 4 is 0 Å². The van der Waals surface area contributed by atoms with Crippen LogP contribution in [-0.4, -0.2) is 51.9 Å². The summed E-state index contributed by atoms with van der Waals surface area (Å²) in [5.74, 6) is 1.72. The molecule has 3 aromatic heterocycles. The van der Waals surface area contributed by atoms with Crippen LogP contribution in [0.5, 0.6) is 5.88 Å². The molecule has 8 nitrogen and oxygen atoms in total. The molecule has 0 aliphatic carbocycles. The third-order valence-corrected chi connectivity index (χ3v) is 4.71. The second-order valence-electron chi connectivity index (χ2n) is 6.63. The zero-order valence-electron chi connectivity index (χ0n) is 15.8. The molecule has 3 aromatic rings. The maximum Gasteiger partial charge on any atom is 0.244 e. The summed E-state index contributed by atoms with van der Waals surface area (Å²) >= 11 is 0. The molecule has 0 saturated carbocycles. The number of pyridine rings is 2. The van der Waals surface area contributed by atoms with E-state index in [4.69, 9.17) is 14.0 Å². The summed E-state index contributed by atoms with van der Waals surface area (Å²) < 4.78 is 16.0. The molecule has 1 aliphatic heterocycles. The second-order valence-corrected chi connectivity index (χ2v) is 6.63. The number of aromatic nitrogens is 4. The van der Waals surface area contributed by atoms with Crippen LogP contribution in [-0.2, 0) is 11.3 Å². The minimum Gasteiger partial charge on any atom is -0.475 e. The normalized spacial score (nSPS) is 17.1. The lowest BCUT2D eigenvalue weighted by Crippen LogP contribution is -2.23. The highest BCUT2D eigenvalue weighted by molar-refractivity contribution is 5.53. The number of ether oxygens (including phenoxy) is 2. The fraction of sp³-hybridized carbons (Fsp3) is 0.400. The maximum atomic E-state index is 5.58. The Bertz CT molecular complexity index is 869. The lowest BCUT2D eigenvalue weighted by molar-refractivity contribution is 0.144. The van der Waals surface area contributed by atoms with E-state index in [0.29, 0.717) is 30.8 Å². The van der Waals surface area contributed by atoms with Crippen molar-refractivity contribution in [3.8, 4) is 17.3 Å². The molecule has 1 saturated heterocycles. The predicted octanol–water partition coefficient (Wildman–Crippen LogP) is 2.89. The number of methoxy groups -OCH3 is 1. The van der Waals surface area contributed by atoms with Crippen LogP contribution >= 0.6 is 0 Å². The zero-order chi connectivity index (χ0) is 19.2. The molecule has 4 heterocycles. The van der Waals surface area contributed by atoms with Crippen molar-refractivity contribution in [3.63, 3.8) is 0 Å². The first-order valence-corrected chi connectivity index (χ1v) is 9.39. The SMILES string of the molecule is COCCOc1ccc(-c2noc([C@H]3CCCN3Cc3ccccn3)n2)cn1. The zero-order valence-corrected chi connectivity index (χ0v) is 15.8. The molecule has 1 aliphatic rings. The highest BCUT2D eigenvalue weighted by atomic mass is 16.5. The number of hydrogen-bond acceptors (Lipinski definition) is 8. The molecule has 0 N–H and O–H groups in total. The molecular weight excluding hydrogens is 358 g/mol. The van der Waals surface area contributed by atoms with Crippen molar-refractivity contribution in [2.24, 2.45) is 0 Å². The molecule has 0 spiro atoms. The predicted molar refractivity (Wildman–Crippen MR) is 102 cm³/mol. The van der Waals surface area contributed by atoms with Gasteiger partial charge in [-0.1, -0.05) is 11.2 Å². The molecule has 0 aromatic carbocycles. The Morgan fingerprint density at radius 3 is 2.93 bits per heavy atom. The summed E-state index contributed by atoms with van der Waals surface area (Å²) in [5.41, 5.74) is 1.84. The van der Waals surface area contributed by atoms with E-state index < -0.39 is 0 Å². The Kier molecular flexibility index (Phi) is 5.89. The van der Waals surface area contributed by atoms with Gasteiger partial charge in [0.2, 0.25) is 17.6 Å². The molecule has 0 unspecified atom stereocenters. The van der Waals surface area contributed by atoms with Gasteiger partial charge in [0.15, 0.2) is 0 Å². The molecule has 146 valence electrons. The van der Waals surface area contributed by atoms with Crippen LogP contribution in [0, 0.1) is 0 Å². The number of hydrogen-bond donors (Lipinski definition) is 0. The van der Waals surface area contributed by atoms with Gasteiger partial charge in [0.05, 0.1) is 18.3 Å². The molecule has 4 rings (SSSR count). The van der Waals surface area contributed by atoms with Gasteiger partial charge < -0.3 is 14.0 Å². The lowest BCUT2D eigenvalue weighted by atomic mass is 10.2. The molecule has 0 amide bonds. The van der Waals surface area contributed by atoms with Crippen molar-refractivity contribution in [2.45, 2.75) is 25.4 Å². The number of nitrogens with zero attached hydrogens (tertiary/aromatic N) is 5. The van der Waals surface area contributed by atoms with Gasteiger partial charge in [-0.25, -0.2) is 4.98 Å². The lowest BCUT2D eigenvalue weighted by Gasteiger charge is -2.20. The van der Waals surface area contributed by atoms with Crippen LogP contribution in [0.2, 0.25) is 0 Å². The van der Waals surface area contributed by atoms with Gasteiger partial charge >= 0.3 is 0 Å². The molecular formula is C20H23N5O3. The quantitative estimate of drug-likeness (QED) is 0.551. The van der Waals surface area contributed by atoms with Crippen LogP contribution < -0.4 is 4.74 Å². The minimum absolute atomic E-state index is 0.118. The van der Waals surface area contributed by atoms with Gasteiger partial charge in [0.1, 0.15) is 6.61 Å². The average molecular weight is 381 g/mol. The van der Waals surface area contributed by atoms with Gasteiger partial charge in [-0.15, -0.1) is 0 Å². The second kappa shape index (κ2) is 8.90. The maximum absolute atomic E-state index is 5.58. The van der Waals surface area contributed by atoms with E-state index in [1.807, 2.05) is 30.5 Å². The van der Waals surface area contributed by atoms with E-state index in [0.717, 1.165) is 37.2 Å². The van der Waals surface area contributed by atoms with Crippen molar-refractivity contribution in [1.82, 2.24) is 25.0 Å². The van der Waals surface area contributed by atoms with Gasteiger partial charge in [-0.3, -0.25) is 9.88 Å². The Balaban J connectivity index is 1.43. The van der Waals surface area contributed by atoms with Gasteiger partial charge in [0.25, 0.3) is 0 Å². The molecule has 8 heteroatoms. The standard InChI is InChI=1S/C20H23N5O3/c1-26-11-12-27-18-8-7-15(13-22-18)19-23-20(28-24-19)17-6-4-10-25(17)14-16-5-2-3-9-21-16/h2-3,5,7-9,13,17H,4,6,10-12,14H2,1H3/t17-/m1/s1. The van der Waals surface area contributed by atoms with E-state index in [1.165, 1.54) is 0 Å². The topological polar surface area (TPSA) is 86.4 Å².